The highest BCUT2D eigenvalue weighted by Crippen LogP contribution is 2.35. The number of carbonyl (C=O) groups is 2. The number of hydrogen-bond donors (Lipinski definition) is 1. The van der Waals surface area contributed by atoms with E-state index < -0.39 is 12.0 Å². The molecule has 1 aromatic rings. The first-order chi connectivity index (χ1) is 9.52. The molecule has 2 atom stereocenters. The van der Waals surface area contributed by atoms with E-state index in [1.165, 1.54) is 0 Å². The summed E-state index contributed by atoms with van der Waals surface area (Å²) >= 11 is 9.54. The molecule has 4 nitrogen and oxygen atoms in total. The lowest BCUT2D eigenvalue weighted by atomic mass is 10.0. The molecule has 1 aromatic carbocycles. The normalized spacial score (nSPS) is 20.2. The van der Waals surface area contributed by atoms with Crippen LogP contribution >= 0.6 is 27.5 Å². The smallest absolute Gasteiger partial charge is 0.305 e. The van der Waals surface area contributed by atoms with Crippen LogP contribution in [0.2, 0.25) is 5.02 Å². The van der Waals surface area contributed by atoms with E-state index in [0.717, 1.165) is 5.33 Å². The molecule has 1 saturated heterocycles. The zero-order valence-corrected chi connectivity index (χ0v) is 13.1. The second-order valence-electron chi connectivity index (χ2n) is 4.91. The Kier molecular flexibility index (Phi) is 5.05. The van der Waals surface area contributed by atoms with Crippen LogP contribution in [0.3, 0.4) is 0 Å². The summed E-state index contributed by atoms with van der Waals surface area (Å²) in [6, 6.07) is 6.59. The molecule has 0 aliphatic carbocycles. The van der Waals surface area contributed by atoms with Crippen LogP contribution in [0.1, 0.15) is 24.4 Å². The third-order valence-electron chi connectivity index (χ3n) is 3.47. The van der Waals surface area contributed by atoms with Gasteiger partial charge in [-0.2, -0.15) is 0 Å². The maximum atomic E-state index is 12.1. The minimum absolute atomic E-state index is 0.0133. The van der Waals surface area contributed by atoms with Crippen molar-refractivity contribution in [2.45, 2.75) is 18.9 Å². The average Bonchev–Trinajstić information content (AvgIpc) is 2.78. The fraction of sp³-hybridized carbons (Fsp3) is 0.429. The van der Waals surface area contributed by atoms with Gasteiger partial charge in [0, 0.05) is 23.3 Å². The molecule has 0 bridgehead atoms. The highest BCUT2D eigenvalue weighted by Gasteiger charge is 2.36. The van der Waals surface area contributed by atoms with Crippen LogP contribution in [-0.4, -0.2) is 33.8 Å². The van der Waals surface area contributed by atoms with Crippen LogP contribution in [0.15, 0.2) is 24.3 Å². The Bertz CT molecular complexity index is 523. The number of likely N-dealkylation sites (tertiary alicyclic amines) is 1. The molecule has 20 heavy (non-hydrogen) atoms. The van der Waals surface area contributed by atoms with Crippen molar-refractivity contribution in [3.8, 4) is 0 Å². The Balaban J connectivity index is 2.31. The largest absolute Gasteiger partial charge is 0.481 e. The maximum absolute atomic E-state index is 12.1. The zero-order valence-electron chi connectivity index (χ0n) is 10.8. The lowest BCUT2D eigenvalue weighted by Gasteiger charge is -2.28. The fourth-order valence-corrected chi connectivity index (χ4v) is 3.21. The molecule has 1 amide bonds. The number of hydrogen-bond acceptors (Lipinski definition) is 2. The number of amides is 1. The van der Waals surface area contributed by atoms with E-state index in [-0.39, 0.29) is 18.2 Å². The van der Waals surface area contributed by atoms with Crippen molar-refractivity contribution in [3.63, 3.8) is 0 Å². The highest BCUT2D eigenvalue weighted by molar-refractivity contribution is 9.09. The Labute approximate surface area is 130 Å². The maximum Gasteiger partial charge on any atom is 0.305 e. The van der Waals surface area contributed by atoms with Crippen LogP contribution in [0, 0.1) is 5.92 Å². The topological polar surface area (TPSA) is 57.6 Å². The SMILES string of the molecule is O=C(O)CC(c1ccccc1Cl)N1CC(CBr)CC1=O. The molecular formula is C14H15BrClNO3. The lowest BCUT2D eigenvalue weighted by Crippen LogP contribution is -2.32. The molecule has 1 heterocycles. The number of halogens is 2. The molecule has 2 unspecified atom stereocenters. The molecule has 108 valence electrons. The van der Waals surface area contributed by atoms with Gasteiger partial charge in [0.2, 0.25) is 5.91 Å². The van der Waals surface area contributed by atoms with Crippen molar-refractivity contribution < 1.29 is 14.7 Å². The summed E-state index contributed by atoms with van der Waals surface area (Å²) in [5, 5.41) is 10.3. The van der Waals surface area contributed by atoms with E-state index in [0.29, 0.717) is 23.6 Å². The van der Waals surface area contributed by atoms with E-state index >= 15 is 0 Å². The standard InChI is InChI=1S/C14H15BrClNO3/c15-7-9-5-13(18)17(8-9)12(6-14(19)20)10-3-1-2-4-11(10)16/h1-4,9,12H,5-8H2,(H,19,20). The van der Waals surface area contributed by atoms with Crippen molar-refractivity contribution in [2.24, 2.45) is 5.92 Å². The average molecular weight is 361 g/mol. The number of benzene rings is 1. The minimum Gasteiger partial charge on any atom is -0.481 e. The quantitative estimate of drug-likeness (QED) is 0.821. The van der Waals surface area contributed by atoms with Crippen molar-refractivity contribution >= 4 is 39.4 Å². The van der Waals surface area contributed by atoms with Gasteiger partial charge in [-0.05, 0) is 17.5 Å². The number of carboxylic acids is 1. The molecule has 1 aliphatic rings. The van der Waals surface area contributed by atoms with Crippen LogP contribution in [0.5, 0.6) is 0 Å². The van der Waals surface area contributed by atoms with Crippen molar-refractivity contribution in [1.29, 1.82) is 0 Å². The van der Waals surface area contributed by atoms with Gasteiger partial charge in [0.05, 0.1) is 12.5 Å². The zero-order chi connectivity index (χ0) is 14.7. The van der Waals surface area contributed by atoms with Gasteiger partial charge in [-0.25, -0.2) is 0 Å². The Morgan fingerprint density at radius 3 is 2.75 bits per heavy atom. The van der Waals surface area contributed by atoms with E-state index in [4.69, 9.17) is 16.7 Å². The van der Waals surface area contributed by atoms with Gasteiger partial charge in [0.15, 0.2) is 0 Å². The number of carboxylic acid groups (broad SMARTS) is 1. The number of rotatable bonds is 5. The highest BCUT2D eigenvalue weighted by atomic mass is 79.9. The molecule has 6 heteroatoms. The van der Waals surface area contributed by atoms with E-state index in [9.17, 15) is 9.59 Å². The molecule has 0 aromatic heterocycles. The van der Waals surface area contributed by atoms with Gasteiger partial charge in [-0.3, -0.25) is 9.59 Å². The first-order valence-electron chi connectivity index (χ1n) is 6.34. The molecule has 1 fully saturated rings. The third kappa shape index (κ3) is 3.33. The summed E-state index contributed by atoms with van der Waals surface area (Å²) in [5.41, 5.74) is 0.695. The molecular weight excluding hydrogens is 346 g/mol. The van der Waals surface area contributed by atoms with E-state index in [1.807, 2.05) is 0 Å². The van der Waals surface area contributed by atoms with Gasteiger partial charge in [0.1, 0.15) is 0 Å². The van der Waals surface area contributed by atoms with Crippen LogP contribution in [-0.2, 0) is 9.59 Å². The number of carbonyl (C=O) groups excluding carboxylic acids is 1. The third-order valence-corrected chi connectivity index (χ3v) is 4.73. The van der Waals surface area contributed by atoms with Crippen molar-refractivity contribution in [1.82, 2.24) is 4.90 Å². The minimum atomic E-state index is -0.940. The van der Waals surface area contributed by atoms with Gasteiger partial charge >= 0.3 is 5.97 Å². The molecule has 0 saturated carbocycles. The number of nitrogens with zero attached hydrogens (tertiary/aromatic N) is 1. The Hall–Kier alpha value is -1.07. The lowest BCUT2D eigenvalue weighted by molar-refractivity contribution is -0.139. The first-order valence-corrected chi connectivity index (χ1v) is 7.84. The summed E-state index contributed by atoms with van der Waals surface area (Å²) in [5.74, 6) is -0.730. The van der Waals surface area contributed by atoms with E-state index in [1.54, 1.807) is 29.2 Å². The first kappa shape index (κ1) is 15.3. The molecule has 1 N–H and O–H groups in total. The van der Waals surface area contributed by atoms with Gasteiger partial charge in [-0.1, -0.05) is 45.7 Å². The molecule has 2 rings (SSSR count). The van der Waals surface area contributed by atoms with Crippen LogP contribution < -0.4 is 0 Å². The number of alkyl halides is 1. The Morgan fingerprint density at radius 2 is 2.20 bits per heavy atom. The van der Waals surface area contributed by atoms with Crippen molar-refractivity contribution in [3.05, 3.63) is 34.9 Å². The molecule has 0 radical (unpaired) electrons. The summed E-state index contributed by atoms with van der Waals surface area (Å²) in [6.45, 7) is 0.563. The second kappa shape index (κ2) is 6.59. The van der Waals surface area contributed by atoms with Crippen molar-refractivity contribution in [2.75, 3.05) is 11.9 Å². The second-order valence-corrected chi connectivity index (χ2v) is 5.96. The molecule has 0 spiro atoms. The van der Waals surface area contributed by atoms with Gasteiger partial charge in [-0.15, -0.1) is 0 Å². The predicted octanol–water partition coefficient (Wildman–Crippen LogP) is 3.10. The number of aliphatic carboxylic acids is 1. The summed E-state index contributed by atoms with van der Waals surface area (Å²) in [7, 11) is 0. The summed E-state index contributed by atoms with van der Waals surface area (Å²) < 4.78 is 0. The fourth-order valence-electron chi connectivity index (χ4n) is 2.51. The monoisotopic (exact) mass is 359 g/mol. The van der Waals surface area contributed by atoms with Crippen LogP contribution in [0.25, 0.3) is 0 Å². The van der Waals surface area contributed by atoms with Gasteiger partial charge in [0.25, 0.3) is 0 Å². The predicted molar refractivity (Wildman–Crippen MR) is 80.1 cm³/mol. The summed E-state index contributed by atoms with van der Waals surface area (Å²) in [6.07, 6.45) is 0.316. The summed E-state index contributed by atoms with van der Waals surface area (Å²) in [4.78, 5) is 24.9. The molecule has 1 aliphatic heterocycles. The Morgan fingerprint density at radius 1 is 1.50 bits per heavy atom. The van der Waals surface area contributed by atoms with E-state index in [2.05, 4.69) is 15.9 Å². The van der Waals surface area contributed by atoms with Gasteiger partial charge < -0.3 is 10.0 Å². The van der Waals surface area contributed by atoms with Crippen LogP contribution in [0.4, 0.5) is 0 Å².